The standard InChI is InChI=1S/C16H17N5O2/c1-10-8-19-16(20-13(7-17)9-18-2)21-14(10)11-3-5-12(6-4-11)15(22)23/h3-9H,17H2,1-2H3,(H,22,23)(H,19,20,21). The minimum atomic E-state index is -0.963. The summed E-state index contributed by atoms with van der Waals surface area (Å²) in [6.07, 6.45) is 4.62. The molecule has 4 N–H and O–H groups in total. The number of carboxylic acid groups (broad SMARTS) is 1. The van der Waals surface area contributed by atoms with Crippen LogP contribution in [0.3, 0.4) is 0 Å². The zero-order valence-corrected chi connectivity index (χ0v) is 12.8. The van der Waals surface area contributed by atoms with E-state index in [1.165, 1.54) is 6.20 Å². The van der Waals surface area contributed by atoms with Crippen LogP contribution in [0.15, 0.2) is 47.4 Å². The molecule has 7 heteroatoms. The maximum Gasteiger partial charge on any atom is 0.335 e. The smallest absolute Gasteiger partial charge is 0.335 e. The molecule has 0 radical (unpaired) electrons. The summed E-state index contributed by atoms with van der Waals surface area (Å²) in [5, 5.41) is 11.9. The number of allylic oxidation sites excluding steroid dienone is 1. The minimum Gasteiger partial charge on any atom is -0.478 e. The summed E-state index contributed by atoms with van der Waals surface area (Å²) in [4.78, 5) is 23.5. The molecular weight excluding hydrogens is 294 g/mol. The van der Waals surface area contributed by atoms with Crippen LogP contribution < -0.4 is 11.1 Å². The average Bonchev–Trinajstić information content (AvgIpc) is 2.56. The predicted molar refractivity (Wildman–Crippen MR) is 89.5 cm³/mol. The molecule has 7 nitrogen and oxygen atoms in total. The van der Waals surface area contributed by atoms with Crippen LogP contribution in [0.5, 0.6) is 0 Å². The Balaban J connectivity index is 2.35. The molecule has 23 heavy (non-hydrogen) atoms. The molecule has 0 aliphatic carbocycles. The molecule has 2 rings (SSSR count). The van der Waals surface area contributed by atoms with Gasteiger partial charge in [0.15, 0.2) is 0 Å². The summed E-state index contributed by atoms with van der Waals surface area (Å²) in [7, 11) is 1.64. The van der Waals surface area contributed by atoms with Crippen molar-refractivity contribution in [3.8, 4) is 11.3 Å². The topological polar surface area (TPSA) is 113 Å². The van der Waals surface area contributed by atoms with E-state index in [0.29, 0.717) is 17.3 Å². The van der Waals surface area contributed by atoms with Crippen LogP contribution >= 0.6 is 0 Å². The highest BCUT2D eigenvalue weighted by atomic mass is 16.4. The zero-order chi connectivity index (χ0) is 16.8. The van der Waals surface area contributed by atoms with E-state index in [0.717, 1.165) is 11.1 Å². The molecule has 0 saturated carbocycles. The van der Waals surface area contributed by atoms with Gasteiger partial charge in [0.2, 0.25) is 5.95 Å². The van der Waals surface area contributed by atoms with Crippen LogP contribution in [-0.4, -0.2) is 34.3 Å². The van der Waals surface area contributed by atoms with E-state index in [2.05, 4.69) is 20.3 Å². The Labute approximate surface area is 133 Å². The number of carbonyl (C=O) groups is 1. The molecule has 0 atom stereocenters. The highest BCUT2D eigenvalue weighted by Gasteiger charge is 2.09. The molecule has 0 amide bonds. The number of anilines is 1. The van der Waals surface area contributed by atoms with E-state index >= 15 is 0 Å². The lowest BCUT2D eigenvalue weighted by molar-refractivity contribution is 0.0697. The number of aliphatic imine (C=N–C) groups is 1. The van der Waals surface area contributed by atoms with Gasteiger partial charge in [0, 0.05) is 31.2 Å². The van der Waals surface area contributed by atoms with Crippen LogP contribution in [0.4, 0.5) is 5.95 Å². The molecule has 2 aromatic rings. The van der Waals surface area contributed by atoms with Gasteiger partial charge in [0.05, 0.1) is 17.0 Å². The van der Waals surface area contributed by atoms with Crippen molar-refractivity contribution in [2.24, 2.45) is 10.7 Å². The lowest BCUT2D eigenvalue weighted by atomic mass is 10.1. The number of rotatable bonds is 5. The van der Waals surface area contributed by atoms with Crippen LogP contribution in [0.1, 0.15) is 15.9 Å². The Morgan fingerprint density at radius 1 is 1.35 bits per heavy atom. The average molecular weight is 311 g/mol. The van der Waals surface area contributed by atoms with Crippen LogP contribution in [0.2, 0.25) is 0 Å². The van der Waals surface area contributed by atoms with Crippen LogP contribution in [-0.2, 0) is 0 Å². The molecule has 0 spiro atoms. The first-order chi connectivity index (χ1) is 11.0. The molecule has 1 aromatic carbocycles. The highest BCUT2D eigenvalue weighted by molar-refractivity contribution is 5.88. The Morgan fingerprint density at radius 3 is 2.61 bits per heavy atom. The molecular formula is C16H17N5O2. The van der Waals surface area contributed by atoms with E-state index in [9.17, 15) is 4.79 Å². The number of hydrogen-bond acceptors (Lipinski definition) is 6. The van der Waals surface area contributed by atoms with Crippen molar-refractivity contribution < 1.29 is 9.90 Å². The molecule has 1 aromatic heterocycles. The van der Waals surface area contributed by atoms with Gasteiger partial charge in [-0.15, -0.1) is 0 Å². The summed E-state index contributed by atoms with van der Waals surface area (Å²) in [5.41, 5.74) is 8.70. The maximum absolute atomic E-state index is 10.9. The van der Waals surface area contributed by atoms with E-state index in [1.807, 2.05) is 6.92 Å². The normalized spacial score (nSPS) is 11.7. The van der Waals surface area contributed by atoms with Gasteiger partial charge in [-0.2, -0.15) is 0 Å². The Bertz CT molecular complexity index is 767. The van der Waals surface area contributed by atoms with Crippen LogP contribution in [0.25, 0.3) is 11.3 Å². The SMILES string of the molecule is CN=CC(=CN)Nc1ncc(C)c(-c2ccc(C(=O)O)cc2)n1. The van der Waals surface area contributed by atoms with E-state index in [1.54, 1.807) is 43.7 Å². The summed E-state index contributed by atoms with van der Waals surface area (Å²) in [5.74, 6) is -0.584. The molecule has 1 heterocycles. The number of nitrogens with two attached hydrogens (primary N) is 1. The van der Waals surface area contributed by atoms with Crippen molar-refractivity contribution in [3.63, 3.8) is 0 Å². The second-order valence-electron chi connectivity index (χ2n) is 4.74. The molecule has 0 aliphatic heterocycles. The van der Waals surface area contributed by atoms with Gasteiger partial charge in [-0.05, 0) is 24.6 Å². The van der Waals surface area contributed by atoms with Crippen molar-refractivity contribution in [1.29, 1.82) is 0 Å². The second kappa shape index (κ2) is 7.17. The van der Waals surface area contributed by atoms with Crippen molar-refractivity contribution in [2.75, 3.05) is 12.4 Å². The molecule has 0 unspecified atom stereocenters. The zero-order valence-electron chi connectivity index (χ0n) is 12.8. The molecule has 0 saturated heterocycles. The third kappa shape index (κ3) is 3.91. The molecule has 118 valence electrons. The van der Waals surface area contributed by atoms with Gasteiger partial charge in [0.1, 0.15) is 0 Å². The van der Waals surface area contributed by atoms with Gasteiger partial charge in [-0.3, -0.25) is 4.99 Å². The number of benzene rings is 1. The number of nitrogens with one attached hydrogen (secondary N) is 1. The van der Waals surface area contributed by atoms with E-state index < -0.39 is 5.97 Å². The van der Waals surface area contributed by atoms with Gasteiger partial charge >= 0.3 is 5.97 Å². The first-order valence-corrected chi connectivity index (χ1v) is 6.83. The fraction of sp³-hybridized carbons (Fsp3) is 0.125. The van der Waals surface area contributed by atoms with Gasteiger partial charge in [0.25, 0.3) is 0 Å². The van der Waals surface area contributed by atoms with Gasteiger partial charge < -0.3 is 16.2 Å². The number of aromatic carboxylic acids is 1. The summed E-state index contributed by atoms with van der Waals surface area (Å²) >= 11 is 0. The van der Waals surface area contributed by atoms with E-state index in [-0.39, 0.29) is 5.56 Å². The third-order valence-corrected chi connectivity index (χ3v) is 3.08. The Kier molecular flexibility index (Phi) is 5.03. The number of hydrogen-bond donors (Lipinski definition) is 3. The quantitative estimate of drug-likeness (QED) is 0.728. The monoisotopic (exact) mass is 311 g/mol. The second-order valence-corrected chi connectivity index (χ2v) is 4.74. The summed E-state index contributed by atoms with van der Waals surface area (Å²) in [6, 6.07) is 6.52. The largest absolute Gasteiger partial charge is 0.478 e. The highest BCUT2D eigenvalue weighted by Crippen LogP contribution is 2.22. The third-order valence-electron chi connectivity index (χ3n) is 3.08. The predicted octanol–water partition coefficient (Wildman–Crippen LogP) is 2.06. The molecule has 0 aliphatic rings. The van der Waals surface area contributed by atoms with Crippen molar-refractivity contribution in [2.45, 2.75) is 6.92 Å². The van der Waals surface area contributed by atoms with Gasteiger partial charge in [-0.1, -0.05) is 12.1 Å². The Hall–Kier alpha value is -3.22. The number of aryl methyl sites for hydroxylation is 1. The summed E-state index contributed by atoms with van der Waals surface area (Å²) in [6.45, 7) is 1.89. The molecule has 0 bridgehead atoms. The lowest BCUT2D eigenvalue weighted by Crippen LogP contribution is -2.08. The van der Waals surface area contributed by atoms with Crippen LogP contribution in [0, 0.1) is 6.92 Å². The number of aromatic nitrogens is 2. The van der Waals surface area contributed by atoms with Crippen molar-refractivity contribution in [1.82, 2.24) is 9.97 Å². The minimum absolute atomic E-state index is 0.228. The first-order valence-electron chi connectivity index (χ1n) is 6.83. The van der Waals surface area contributed by atoms with E-state index in [4.69, 9.17) is 10.8 Å². The molecule has 0 fully saturated rings. The summed E-state index contributed by atoms with van der Waals surface area (Å²) < 4.78 is 0. The fourth-order valence-electron chi connectivity index (χ4n) is 1.95. The van der Waals surface area contributed by atoms with Crippen molar-refractivity contribution >= 4 is 18.1 Å². The van der Waals surface area contributed by atoms with Crippen molar-refractivity contribution in [3.05, 3.63) is 53.5 Å². The fourth-order valence-corrected chi connectivity index (χ4v) is 1.95. The first kappa shape index (κ1) is 16.2. The van der Waals surface area contributed by atoms with Gasteiger partial charge in [-0.25, -0.2) is 14.8 Å². The Morgan fingerprint density at radius 2 is 2.04 bits per heavy atom. The maximum atomic E-state index is 10.9. The lowest BCUT2D eigenvalue weighted by Gasteiger charge is -2.09. The number of nitrogens with zero attached hydrogens (tertiary/aromatic N) is 3. The number of carboxylic acids is 1.